The molecular formula is C12H25N3O. The van der Waals surface area contributed by atoms with Crippen LogP contribution in [-0.4, -0.2) is 61.5 Å². The number of carbonyl (C=O) groups is 1. The molecule has 0 spiro atoms. The van der Waals surface area contributed by atoms with Crippen LogP contribution < -0.4 is 5.32 Å². The van der Waals surface area contributed by atoms with Gasteiger partial charge in [-0.25, -0.2) is 0 Å². The third-order valence-corrected chi connectivity index (χ3v) is 3.23. The van der Waals surface area contributed by atoms with Crippen molar-refractivity contribution in [1.82, 2.24) is 15.1 Å². The van der Waals surface area contributed by atoms with E-state index in [1.807, 2.05) is 19.0 Å². The van der Waals surface area contributed by atoms with E-state index in [-0.39, 0.29) is 11.9 Å². The Morgan fingerprint density at radius 3 is 2.56 bits per heavy atom. The normalized spacial score (nSPS) is 28.6. The fourth-order valence-corrected chi connectivity index (χ4v) is 2.38. The minimum absolute atomic E-state index is 0.0163. The largest absolute Gasteiger partial charge is 0.339 e. The fourth-order valence-electron chi connectivity index (χ4n) is 2.38. The Balaban J connectivity index is 2.86. The molecule has 1 amide bonds. The summed E-state index contributed by atoms with van der Waals surface area (Å²) < 4.78 is 0. The molecule has 0 radical (unpaired) electrons. The van der Waals surface area contributed by atoms with E-state index in [0.29, 0.717) is 12.0 Å². The van der Waals surface area contributed by atoms with Crippen molar-refractivity contribution in [3.05, 3.63) is 0 Å². The number of amides is 1. The number of rotatable bonds is 3. The van der Waals surface area contributed by atoms with Crippen LogP contribution in [0.4, 0.5) is 0 Å². The summed E-state index contributed by atoms with van der Waals surface area (Å²) in [6.45, 7) is 8.98. The molecule has 1 aliphatic rings. The van der Waals surface area contributed by atoms with Crippen LogP contribution in [-0.2, 0) is 4.79 Å². The van der Waals surface area contributed by atoms with E-state index in [9.17, 15) is 4.79 Å². The summed E-state index contributed by atoms with van der Waals surface area (Å²) in [5.74, 6) is 0.800. The molecule has 1 heterocycles. The first-order chi connectivity index (χ1) is 7.47. The summed E-state index contributed by atoms with van der Waals surface area (Å²) in [6.07, 6.45) is 0. The molecule has 1 N–H and O–H groups in total. The lowest BCUT2D eigenvalue weighted by Gasteiger charge is -2.30. The molecule has 0 saturated carbocycles. The van der Waals surface area contributed by atoms with E-state index >= 15 is 0 Å². The highest BCUT2D eigenvalue weighted by atomic mass is 16.2. The van der Waals surface area contributed by atoms with E-state index in [0.717, 1.165) is 19.6 Å². The average molecular weight is 227 g/mol. The van der Waals surface area contributed by atoms with Gasteiger partial charge in [-0.1, -0.05) is 6.92 Å². The van der Waals surface area contributed by atoms with Gasteiger partial charge in [-0.05, 0) is 33.9 Å². The van der Waals surface area contributed by atoms with Gasteiger partial charge in [0.2, 0.25) is 5.91 Å². The number of nitrogens with zero attached hydrogens (tertiary/aromatic N) is 2. The van der Waals surface area contributed by atoms with Gasteiger partial charge < -0.3 is 10.2 Å². The van der Waals surface area contributed by atoms with Crippen LogP contribution in [0.25, 0.3) is 0 Å². The van der Waals surface area contributed by atoms with Gasteiger partial charge in [0.25, 0.3) is 0 Å². The van der Waals surface area contributed by atoms with Crippen LogP contribution in [0.5, 0.6) is 0 Å². The van der Waals surface area contributed by atoms with E-state index in [1.54, 1.807) is 0 Å². The van der Waals surface area contributed by atoms with Crippen molar-refractivity contribution in [2.75, 3.05) is 33.7 Å². The average Bonchev–Trinajstić information content (AvgIpc) is 2.29. The summed E-state index contributed by atoms with van der Waals surface area (Å²) in [5.41, 5.74) is 0. The Morgan fingerprint density at radius 2 is 2.06 bits per heavy atom. The second-order valence-corrected chi connectivity index (χ2v) is 5.20. The van der Waals surface area contributed by atoms with Crippen molar-refractivity contribution in [1.29, 1.82) is 0 Å². The molecule has 2 atom stereocenters. The smallest absolute Gasteiger partial charge is 0.241 e. The Morgan fingerprint density at radius 1 is 1.44 bits per heavy atom. The number of likely N-dealkylation sites (N-methyl/N-ethyl adjacent to an activating group) is 2. The van der Waals surface area contributed by atoms with Gasteiger partial charge in [0.1, 0.15) is 6.04 Å². The van der Waals surface area contributed by atoms with Gasteiger partial charge in [0.15, 0.2) is 0 Å². The van der Waals surface area contributed by atoms with Gasteiger partial charge >= 0.3 is 0 Å². The summed E-state index contributed by atoms with van der Waals surface area (Å²) in [4.78, 5) is 16.6. The molecule has 2 unspecified atom stereocenters. The van der Waals surface area contributed by atoms with E-state index in [1.165, 1.54) is 0 Å². The first-order valence-corrected chi connectivity index (χ1v) is 6.12. The van der Waals surface area contributed by atoms with Gasteiger partial charge in [-0.2, -0.15) is 0 Å². The third-order valence-electron chi connectivity index (χ3n) is 3.23. The molecule has 0 aromatic carbocycles. The molecule has 4 heteroatoms. The molecule has 16 heavy (non-hydrogen) atoms. The summed E-state index contributed by atoms with van der Waals surface area (Å²) in [5, 5.41) is 3.11. The molecule has 4 nitrogen and oxygen atoms in total. The maximum atomic E-state index is 12.4. The van der Waals surface area contributed by atoms with Crippen molar-refractivity contribution in [3.8, 4) is 0 Å². The molecule has 1 saturated heterocycles. The molecule has 0 aromatic rings. The van der Waals surface area contributed by atoms with Gasteiger partial charge in [-0.15, -0.1) is 0 Å². The number of nitrogens with one attached hydrogen (secondary N) is 1. The lowest BCUT2D eigenvalue weighted by molar-refractivity contribution is -0.136. The highest BCUT2D eigenvalue weighted by Gasteiger charge is 2.33. The first-order valence-electron chi connectivity index (χ1n) is 6.12. The summed E-state index contributed by atoms with van der Waals surface area (Å²) in [6, 6.07) is 0.276. The van der Waals surface area contributed by atoms with Crippen molar-refractivity contribution < 1.29 is 4.79 Å². The van der Waals surface area contributed by atoms with Crippen LogP contribution in [0.1, 0.15) is 20.8 Å². The van der Waals surface area contributed by atoms with Crippen molar-refractivity contribution in [3.63, 3.8) is 0 Å². The molecule has 1 rings (SSSR count). The highest BCUT2D eigenvalue weighted by Crippen LogP contribution is 2.16. The zero-order valence-electron chi connectivity index (χ0n) is 11.2. The molecule has 94 valence electrons. The van der Waals surface area contributed by atoms with E-state index in [4.69, 9.17) is 0 Å². The standard InChI is InChI=1S/C12H25N3O/c1-9(2)15-8-10(3)7-14(5)11(6-13-4)12(15)16/h9-11,13H,6-8H2,1-5H3. The second kappa shape index (κ2) is 5.64. The zero-order chi connectivity index (χ0) is 12.3. The van der Waals surface area contributed by atoms with Gasteiger partial charge in [0, 0.05) is 25.7 Å². The van der Waals surface area contributed by atoms with Crippen LogP contribution in [0.3, 0.4) is 0 Å². The molecule has 0 aliphatic carbocycles. The third kappa shape index (κ3) is 2.95. The lowest BCUT2D eigenvalue weighted by atomic mass is 10.1. The van der Waals surface area contributed by atoms with Gasteiger partial charge in [0.05, 0.1) is 0 Å². The van der Waals surface area contributed by atoms with Crippen LogP contribution in [0.15, 0.2) is 0 Å². The monoisotopic (exact) mass is 227 g/mol. The van der Waals surface area contributed by atoms with Crippen LogP contribution in [0, 0.1) is 5.92 Å². The highest BCUT2D eigenvalue weighted by molar-refractivity contribution is 5.82. The molecule has 1 aliphatic heterocycles. The Kier molecular flexibility index (Phi) is 4.74. The molecule has 1 fully saturated rings. The zero-order valence-corrected chi connectivity index (χ0v) is 11.2. The molecule has 0 aromatic heterocycles. The second-order valence-electron chi connectivity index (χ2n) is 5.20. The van der Waals surface area contributed by atoms with Crippen molar-refractivity contribution >= 4 is 5.91 Å². The fraction of sp³-hybridized carbons (Fsp3) is 0.917. The quantitative estimate of drug-likeness (QED) is 0.758. The number of carbonyl (C=O) groups excluding carboxylic acids is 1. The maximum absolute atomic E-state index is 12.4. The topological polar surface area (TPSA) is 35.6 Å². The summed E-state index contributed by atoms with van der Waals surface area (Å²) in [7, 11) is 3.94. The van der Waals surface area contributed by atoms with Gasteiger partial charge in [-0.3, -0.25) is 9.69 Å². The minimum Gasteiger partial charge on any atom is -0.339 e. The maximum Gasteiger partial charge on any atom is 0.241 e. The van der Waals surface area contributed by atoms with Crippen molar-refractivity contribution in [2.45, 2.75) is 32.9 Å². The predicted octanol–water partition coefficient (Wildman–Crippen LogP) is 0.393. The first kappa shape index (κ1) is 13.5. The SMILES string of the molecule is CNCC1C(=O)N(C(C)C)CC(C)CN1C. The predicted molar refractivity (Wildman–Crippen MR) is 66.4 cm³/mol. The minimum atomic E-state index is -0.0163. The Labute approximate surface area is 99.0 Å². The van der Waals surface area contributed by atoms with E-state index in [2.05, 4.69) is 31.0 Å². The molecular weight excluding hydrogens is 202 g/mol. The van der Waals surface area contributed by atoms with Crippen LogP contribution in [0.2, 0.25) is 0 Å². The number of hydrogen-bond donors (Lipinski definition) is 1. The van der Waals surface area contributed by atoms with Crippen molar-refractivity contribution in [2.24, 2.45) is 5.92 Å². The van der Waals surface area contributed by atoms with Crippen LogP contribution >= 0.6 is 0 Å². The Bertz CT molecular complexity index is 242. The Hall–Kier alpha value is -0.610. The lowest BCUT2D eigenvalue weighted by Crippen LogP contribution is -2.50. The molecule has 0 bridgehead atoms. The summed E-state index contributed by atoms with van der Waals surface area (Å²) >= 11 is 0. The number of hydrogen-bond acceptors (Lipinski definition) is 3. The van der Waals surface area contributed by atoms with E-state index < -0.39 is 0 Å².